The molecule has 20 heteroatoms. The van der Waals surface area contributed by atoms with Crippen LogP contribution in [0.3, 0.4) is 0 Å². The van der Waals surface area contributed by atoms with Gasteiger partial charge in [-0.05, 0) is 74.0 Å². The first-order valence-electron chi connectivity index (χ1n) is 15.2. The molecular weight excluding hydrogens is 723 g/mol. The Kier molecular flexibility index (Phi) is 12.2. The van der Waals surface area contributed by atoms with Gasteiger partial charge in [-0.15, -0.1) is 0 Å². The number of aromatic nitrogens is 4. The van der Waals surface area contributed by atoms with Gasteiger partial charge in [-0.3, -0.25) is 14.2 Å². The molecule has 0 saturated carbocycles. The summed E-state index contributed by atoms with van der Waals surface area (Å²) in [4.78, 5) is 52.5. The van der Waals surface area contributed by atoms with Crippen molar-refractivity contribution in [2.45, 2.75) is 31.2 Å². The molecule has 0 bridgehead atoms. The van der Waals surface area contributed by atoms with Gasteiger partial charge in [-0.25, -0.2) is 23.9 Å². The fourth-order valence-electron chi connectivity index (χ4n) is 5.12. The van der Waals surface area contributed by atoms with Crippen LogP contribution in [0.2, 0.25) is 0 Å². The Hall–Kier alpha value is -6.31. The second-order valence-electron chi connectivity index (χ2n) is 11.1. The molecule has 6 rings (SSSR count). The van der Waals surface area contributed by atoms with Gasteiger partial charge in [-0.2, -0.15) is 26.3 Å². The number of carbonyl (C=O) groups excluding carboxylic acids is 1. The lowest BCUT2D eigenvalue weighted by Crippen LogP contribution is -2.29. The molecule has 6 N–H and O–H groups in total. The number of fused-ring (bicyclic) bond motifs is 1. The van der Waals surface area contributed by atoms with E-state index in [9.17, 15) is 40.3 Å². The Labute approximate surface area is 293 Å². The van der Waals surface area contributed by atoms with Gasteiger partial charge >= 0.3 is 24.3 Å². The first-order valence-corrected chi connectivity index (χ1v) is 15.2. The number of aliphatic carboxylic acids is 2. The summed E-state index contributed by atoms with van der Waals surface area (Å²) in [6.07, 6.45) is -3.10. The number of carboxylic acid groups (broad SMARTS) is 2. The third-order valence-corrected chi connectivity index (χ3v) is 7.56. The maximum absolute atomic E-state index is 13.7. The summed E-state index contributed by atoms with van der Waals surface area (Å²) in [6, 6.07) is 16.3. The zero-order chi connectivity index (χ0) is 39.1. The van der Waals surface area contributed by atoms with E-state index in [0.717, 1.165) is 48.1 Å². The summed E-state index contributed by atoms with van der Waals surface area (Å²) in [7, 11) is 0. The molecule has 53 heavy (non-hydrogen) atoms. The van der Waals surface area contributed by atoms with Crippen LogP contribution in [-0.2, 0) is 9.59 Å². The number of hydrogen-bond acceptors (Lipinski definition) is 8. The van der Waals surface area contributed by atoms with Crippen molar-refractivity contribution in [2.75, 3.05) is 24.1 Å². The summed E-state index contributed by atoms with van der Waals surface area (Å²) in [5, 5.41) is 21.2. The minimum absolute atomic E-state index is 0.0548. The van der Waals surface area contributed by atoms with Crippen LogP contribution in [0.5, 0.6) is 0 Å². The number of carboxylic acids is 2. The van der Waals surface area contributed by atoms with Crippen molar-refractivity contribution in [2.24, 2.45) is 0 Å². The van der Waals surface area contributed by atoms with E-state index in [1.54, 1.807) is 24.3 Å². The number of hydrogen-bond donors (Lipinski definition) is 5. The largest absolute Gasteiger partial charge is 0.490 e. The van der Waals surface area contributed by atoms with Crippen molar-refractivity contribution in [3.8, 4) is 16.8 Å². The van der Waals surface area contributed by atoms with Crippen molar-refractivity contribution in [1.29, 1.82) is 0 Å². The second kappa shape index (κ2) is 16.4. The predicted molar refractivity (Wildman–Crippen MR) is 176 cm³/mol. The van der Waals surface area contributed by atoms with Crippen LogP contribution in [0.4, 0.5) is 42.2 Å². The lowest BCUT2D eigenvalue weighted by Gasteiger charge is -2.24. The quantitative estimate of drug-likeness (QED) is 0.145. The number of nitrogens with one attached hydrogen (secondary N) is 2. The van der Waals surface area contributed by atoms with Crippen molar-refractivity contribution < 1.29 is 55.3 Å². The zero-order valence-corrected chi connectivity index (χ0v) is 27.0. The molecule has 0 atom stereocenters. The predicted octanol–water partition coefficient (Wildman–Crippen LogP) is 5.41. The topological polar surface area (TPSA) is 194 Å². The van der Waals surface area contributed by atoms with E-state index in [1.807, 2.05) is 12.1 Å². The van der Waals surface area contributed by atoms with Crippen LogP contribution in [0, 0.1) is 5.82 Å². The smallest absolute Gasteiger partial charge is 0.475 e. The molecule has 1 fully saturated rings. The van der Waals surface area contributed by atoms with E-state index in [-0.39, 0.29) is 5.56 Å². The summed E-state index contributed by atoms with van der Waals surface area (Å²) in [6.45, 7) is 1.90. The van der Waals surface area contributed by atoms with Gasteiger partial charge in [0.05, 0.1) is 11.1 Å². The van der Waals surface area contributed by atoms with Gasteiger partial charge in [0.15, 0.2) is 0 Å². The number of nitrogen functional groups attached to an aromatic ring is 1. The van der Waals surface area contributed by atoms with Gasteiger partial charge in [-0.1, -0.05) is 18.2 Å². The maximum atomic E-state index is 13.7. The summed E-state index contributed by atoms with van der Waals surface area (Å²) in [5.41, 5.74) is 9.18. The van der Waals surface area contributed by atoms with E-state index in [0.29, 0.717) is 23.2 Å². The van der Waals surface area contributed by atoms with Crippen LogP contribution >= 0.6 is 0 Å². The van der Waals surface area contributed by atoms with E-state index in [2.05, 4.69) is 31.4 Å². The molecule has 1 aliphatic rings. The molecule has 2 aromatic carbocycles. The van der Waals surface area contributed by atoms with Crippen molar-refractivity contribution in [1.82, 2.24) is 24.4 Å². The molecule has 4 heterocycles. The van der Waals surface area contributed by atoms with E-state index in [4.69, 9.17) is 25.5 Å². The number of nitrogens with two attached hydrogens (primary N) is 1. The van der Waals surface area contributed by atoms with Crippen LogP contribution < -0.4 is 21.9 Å². The third kappa shape index (κ3) is 9.94. The second-order valence-corrected chi connectivity index (χ2v) is 11.1. The molecular formula is C33H28F7N7O6. The summed E-state index contributed by atoms with van der Waals surface area (Å²) in [5.74, 6) is -6.13. The number of alkyl halides is 6. The van der Waals surface area contributed by atoms with Gasteiger partial charge in [0.25, 0.3) is 11.5 Å². The first-order chi connectivity index (χ1) is 24.9. The molecule has 280 valence electrons. The van der Waals surface area contributed by atoms with Crippen LogP contribution in [0.1, 0.15) is 29.2 Å². The number of anilines is 2. The number of benzene rings is 2. The summed E-state index contributed by atoms with van der Waals surface area (Å²) >= 11 is 0. The number of nitrogens with zero attached hydrogens (tertiary/aromatic N) is 4. The van der Waals surface area contributed by atoms with Crippen molar-refractivity contribution in [3.05, 3.63) is 101 Å². The molecule has 0 radical (unpaired) electrons. The normalized spacial score (nSPS) is 13.3. The summed E-state index contributed by atoms with van der Waals surface area (Å²) < 4.78 is 80.6. The van der Waals surface area contributed by atoms with Crippen LogP contribution in [0.25, 0.3) is 27.8 Å². The highest BCUT2D eigenvalue weighted by atomic mass is 19.4. The van der Waals surface area contributed by atoms with E-state index >= 15 is 0 Å². The Bertz CT molecular complexity index is 2140. The highest BCUT2D eigenvalue weighted by molar-refractivity contribution is 6.04. The van der Waals surface area contributed by atoms with Crippen LogP contribution in [0.15, 0.2) is 84.2 Å². The zero-order valence-electron chi connectivity index (χ0n) is 27.0. The lowest BCUT2D eigenvalue weighted by molar-refractivity contribution is -0.193. The van der Waals surface area contributed by atoms with Crippen molar-refractivity contribution in [3.63, 3.8) is 0 Å². The Morgan fingerprint density at radius 1 is 0.887 bits per heavy atom. The Balaban J connectivity index is 0.000000381. The molecule has 0 spiro atoms. The molecule has 1 aliphatic heterocycles. The standard InChI is InChI=1S/C29H26FN7O2.2C2HF3O2/c30-19-3-1-4-22(15-19)36-14-2-5-23(29(36)39)28(38)35-20-8-6-18(7-9-20)24-16-37(21-10-12-32-13-11-21)27-25(24)26(31)33-17-34-27;2*3-2(4,5)1(6)7/h1-9,14-17,21,32H,10-13H2,(H,35,38)(H2,31,33,34);2*(H,6,7). The lowest BCUT2D eigenvalue weighted by atomic mass is 10.1. The first kappa shape index (κ1) is 39.5. The number of pyridine rings is 1. The maximum Gasteiger partial charge on any atom is 0.490 e. The Morgan fingerprint density at radius 2 is 1.49 bits per heavy atom. The minimum atomic E-state index is -5.08. The van der Waals surface area contributed by atoms with Crippen LogP contribution in [-0.4, -0.2) is 72.6 Å². The fraction of sp³-hybridized carbons (Fsp3) is 0.212. The molecule has 3 aromatic heterocycles. The van der Waals surface area contributed by atoms with Gasteiger partial charge in [0.1, 0.15) is 29.2 Å². The number of piperidine rings is 1. The third-order valence-electron chi connectivity index (χ3n) is 7.56. The highest BCUT2D eigenvalue weighted by Crippen LogP contribution is 2.36. The van der Waals surface area contributed by atoms with E-state index in [1.165, 1.54) is 41.4 Å². The van der Waals surface area contributed by atoms with E-state index < -0.39 is 41.6 Å². The number of amides is 1. The van der Waals surface area contributed by atoms with Gasteiger partial charge in [0.2, 0.25) is 0 Å². The average molecular weight is 752 g/mol. The SMILES string of the molecule is Nc1ncnc2c1c(-c1ccc(NC(=O)c3cccn(-c4cccc(F)c4)c3=O)cc1)cn2C1CCNCC1.O=C(O)C(F)(F)F.O=C(O)C(F)(F)F. The van der Waals surface area contributed by atoms with Crippen molar-refractivity contribution >= 4 is 40.4 Å². The highest BCUT2D eigenvalue weighted by Gasteiger charge is 2.39. The molecule has 0 unspecified atom stereocenters. The molecule has 0 aliphatic carbocycles. The van der Waals surface area contributed by atoms with Gasteiger partial charge in [0, 0.05) is 29.7 Å². The number of halogens is 7. The number of rotatable bonds is 5. The molecule has 1 saturated heterocycles. The molecule has 13 nitrogen and oxygen atoms in total. The fourth-order valence-corrected chi connectivity index (χ4v) is 5.12. The Morgan fingerprint density at radius 3 is 2.06 bits per heavy atom. The van der Waals surface area contributed by atoms with Gasteiger partial charge < -0.3 is 31.1 Å². The number of carbonyl (C=O) groups is 3. The molecule has 5 aromatic rings. The average Bonchev–Trinajstić information content (AvgIpc) is 3.50. The minimum Gasteiger partial charge on any atom is -0.475 e. The molecule has 1 amide bonds. The monoisotopic (exact) mass is 751 g/mol.